The molecule has 0 aliphatic rings. The van der Waals surface area contributed by atoms with Crippen molar-refractivity contribution >= 4 is 7.82 Å². The van der Waals surface area contributed by atoms with Crippen LogP contribution in [0.3, 0.4) is 0 Å². The topological polar surface area (TPSA) is 58.6 Å². The predicted octanol–water partition coefficient (Wildman–Crippen LogP) is 13.0. The second-order valence-electron chi connectivity index (χ2n) is 12.7. The monoisotopic (exact) mass is 743 g/mol. The predicted molar refractivity (Wildman–Crippen MR) is 179 cm³/mol. The van der Waals surface area contributed by atoms with E-state index in [0.29, 0.717) is 0 Å². The van der Waals surface area contributed by atoms with Crippen molar-refractivity contribution in [2.45, 2.75) is 219 Å². The Kier molecular flexibility index (Phi) is 41.9. The van der Waals surface area contributed by atoms with Crippen molar-refractivity contribution in [2.75, 3.05) is 13.2 Å². The smallest absolute Gasteiger partial charge is 0.267 e. The fraction of sp³-hybridized carbons (Fsp3) is 1.00. The Hall–Kier alpha value is 1.46. The fourth-order valence-electron chi connectivity index (χ4n) is 5.69. The third-order valence-electron chi connectivity index (χ3n) is 8.49. The Morgan fingerprint density at radius 2 is 0.524 bits per heavy atom. The minimum Gasteiger partial charge on any atom is -0.756 e. The zero-order valence-corrected chi connectivity index (χ0v) is 32.7. The molecule has 0 aromatic heterocycles. The molecule has 252 valence electrons. The molecule has 0 aromatic carbocycles. The van der Waals surface area contributed by atoms with E-state index in [2.05, 4.69) is 13.8 Å². The average Bonchev–Trinajstić information content (AvgIpc) is 2.96. The molecule has 0 amide bonds. The van der Waals surface area contributed by atoms with E-state index in [1.807, 2.05) is 0 Å². The van der Waals surface area contributed by atoms with Gasteiger partial charge in [0.25, 0.3) is 7.82 Å². The molecule has 0 heterocycles. The van der Waals surface area contributed by atoms with Crippen LogP contribution in [-0.2, 0) is 13.6 Å². The molecule has 0 fully saturated rings. The van der Waals surface area contributed by atoms with Crippen LogP contribution in [0.15, 0.2) is 0 Å². The number of unbranched alkanes of at least 4 members (excludes halogenated alkanes) is 30. The van der Waals surface area contributed by atoms with E-state index in [0.717, 1.165) is 25.7 Å². The van der Waals surface area contributed by atoms with Gasteiger partial charge in [0.2, 0.25) is 0 Å². The fourth-order valence-corrected chi connectivity index (χ4v) is 6.47. The molecule has 0 aromatic rings. The van der Waals surface area contributed by atoms with Gasteiger partial charge >= 0.3 is 0 Å². The molecule has 0 aliphatic heterocycles. The summed E-state index contributed by atoms with van der Waals surface area (Å²) in [4.78, 5) is 11.9. The molecule has 42 heavy (non-hydrogen) atoms. The first-order valence-electron chi connectivity index (χ1n) is 18.7. The maximum atomic E-state index is 11.9. The van der Waals surface area contributed by atoms with E-state index >= 15 is 0 Å². The van der Waals surface area contributed by atoms with Gasteiger partial charge < -0.3 is 13.9 Å². The van der Waals surface area contributed by atoms with Crippen molar-refractivity contribution in [3.8, 4) is 0 Å². The van der Waals surface area contributed by atoms with Crippen LogP contribution in [-0.4, -0.2) is 13.2 Å². The van der Waals surface area contributed by atoms with Gasteiger partial charge in [-0.05, 0) is 12.8 Å². The van der Waals surface area contributed by atoms with E-state index in [-0.39, 0.29) is 54.1 Å². The summed E-state index contributed by atoms with van der Waals surface area (Å²) >= 11 is 0. The molecule has 0 rings (SSSR count). The molecule has 0 atom stereocenters. The summed E-state index contributed by atoms with van der Waals surface area (Å²) in [6.45, 7) is 5.08. The molecule has 6 heteroatoms. The zero-order valence-electron chi connectivity index (χ0n) is 28.6. The molecule has 0 spiro atoms. The SMILES string of the molecule is CCCCCCCCCCCCCCCCCCOP(=O)([O-])OCCCCCCCCCCCCCCCCCC.[Nd]. The number of phosphoric acid groups is 1. The molecule has 0 aliphatic carbocycles. The van der Waals surface area contributed by atoms with Gasteiger partial charge in [-0.25, -0.2) is 0 Å². The summed E-state index contributed by atoms with van der Waals surface area (Å²) in [6.07, 6.45) is 41.9. The van der Waals surface area contributed by atoms with Gasteiger partial charge in [-0.15, -0.1) is 0 Å². The summed E-state index contributed by atoms with van der Waals surface area (Å²) in [5.74, 6) is 0. The summed E-state index contributed by atoms with van der Waals surface area (Å²) in [5, 5.41) is 0. The third kappa shape index (κ3) is 39.5. The second-order valence-corrected chi connectivity index (χ2v) is 14.1. The Labute approximate surface area is 297 Å². The normalized spacial score (nSPS) is 11.7. The van der Waals surface area contributed by atoms with Crippen LogP contribution in [0, 0.1) is 40.8 Å². The standard InChI is InChI=1S/C36H75O4P.Nd/c1-3-5-7-9-11-13-15-17-19-21-23-25-27-29-31-33-35-39-41(37,38)40-36-34-32-30-28-26-24-22-20-18-16-14-12-10-8-6-4-2;/h3-36H2,1-2H3,(H,37,38);/p-1. The van der Waals surface area contributed by atoms with Crippen LogP contribution in [0.1, 0.15) is 219 Å². The van der Waals surface area contributed by atoms with E-state index in [1.165, 1.54) is 180 Å². The molecule has 0 bridgehead atoms. The largest absolute Gasteiger partial charge is 0.756 e. The molecule has 0 saturated carbocycles. The van der Waals surface area contributed by atoms with Gasteiger partial charge in [0, 0.05) is 40.8 Å². The molecule has 0 unspecified atom stereocenters. The van der Waals surface area contributed by atoms with E-state index < -0.39 is 7.82 Å². The molecule has 4 nitrogen and oxygen atoms in total. The summed E-state index contributed by atoms with van der Waals surface area (Å²) in [6, 6.07) is 0. The van der Waals surface area contributed by atoms with Crippen molar-refractivity contribution in [3.63, 3.8) is 0 Å². The van der Waals surface area contributed by atoms with Crippen molar-refractivity contribution < 1.29 is 59.3 Å². The molecule has 0 saturated heterocycles. The first-order chi connectivity index (χ1) is 20.1. The molecular weight excluding hydrogens is 672 g/mol. The quantitative estimate of drug-likeness (QED) is 0.0473. The van der Waals surface area contributed by atoms with Crippen molar-refractivity contribution in [1.82, 2.24) is 0 Å². The van der Waals surface area contributed by atoms with Gasteiger partial charge in [0.15, 0.2) is 0 Å². The van der Waals surface area contributed by atoms with Crippen molar-refractivity contribution in [3.05, 3.63) is 0 Å². The van der Waals surface area contributed by atoms with Gasteiger partial charge in [-0.2, -0.15) is 0 Å². The molecule has 0 radical (unpaired) electrons. The van der Waals surface area contributed by atoms with Crippen LogP contribution >= 0.6 is 7.82 Å². The van der Waals surface area contributed by atoms with Gasteiger partial charge in [-0.3, -0.25) is 4.57 Å². The third-order valence-corrected chi connectivity index (χ3v) is 9.49. The summed E-state index contributed by atoms with van der Waals surface area (Å²) < 4.78 is 22.0. The number of hydrogen-bond donors (Lipinski definition) is 0. The van der Waals surface area contributed by atoms with E-state index in [1.54, 1.807) is 0 Å². The average molecular weight is 746 g/mol. The Morgan fingerprint density at radius 3 is 0.714 bits per heavy atom. The first-order valence-corrected chi connectivity index (χ1v) is 20.2. The number of rotatable bonds is 36. The van der Waals surface area contributed by atoms with Crippen LogP contribution in [0.4, 0.5) is 0 Å². The Morgan fingerprint density at radius 1 is 0.357 bits per heavy atom. The van der Waals surface area contributed by atoms with E-state index in [4.69, 9.17) is 9.05 Å². The minimum absolute atomic E-state index is 0. The maximum Gasteiger partial charge on any atom is 0.267 e. The number of phosphoric ester groups is 1. The van der Waals surface area contributed by atoms with Crippen molar-refractivity contribution in [1.29, 1.82) is 0 Å². The van der Waals surface area contributed by atoms with Crippen LogP contribution in [0.25, 0.3) is 0 Å². The molecule has 0 N–H and O–H groups in total. The van der Waals surface area contributed by atoms with Crippen LogP contribution in [0.5, 0.6) is 0 Å². The Balaban J connectivity index is 0. The Bertz CT molecular complexity index is 493. The zero-order chi connectivity index (χ0) is 30.0. The van der Waals surface area contributed by atoms with Gasteiger partial charge in [-0.1, -0.05) is 206 Å². The van der Waals surface area contributed by atoms with Crippen molar-refractivity contribution in [2.24, 2.45) is 0 Å². The summed E-state index contributed by atoms with van der Waals surface area (Å²) in [7, 11) is -4.12. The van der Waals surface area contributed by atoms with Crippen LogP contribution < -0.4 is 4.89 Å². The second kappa shape index (κ2) is 38.6. The van der Waals surface area contributed by atoms with Gasteiger partial charge in [0.05, 0.1) is 13.2 Å². The maximum absolute atomic E-state index is 11.9. The summed E-state index contributed by atoms with van der Waals surface area (Å²) in [5.41, 5.74) is 0. The van der Waals surface area contributed by atoms with Gasteiger partial charge in [0.1, 0.15) is 0 Å². The van der Waals surface area contributed by atoms with E-state index in [9.17, 15) is 9.46 Å². The molecular formula is C36H74NdO4P-. The minimum atomic E-state index is -4.12. The van der Waals surface area contributed by atoms with Crippen LogP contribution in [0.2, 0.25) is 0 Å². The first kappa shape index (κ1) is 45.6. The number of hydrogen-bond acceptors (Lipinski definition) is 4.